The minimum Gasteiger partial charge on any atom is -0.464 e. The Kier molecular flexibility index (Phi) is 4.96. The van der Waals surface area contributed by atoms with Gasteiger partial charge in [-0.25, -0.2) is 4.79 Å². The minimum atomic E-state index is -0.863. The van der Waals surface area contributed by atoms with Crippen molar-refractivity contribution in [3.8, 4) is 0 Å². The van der Waals surface area contributed by atoms with Crippen molar-refractivity contribution in [2.24, 2.45) is 5.92 Å². The van der Waals surface area contributed by atoms with E-state index in [1.165, 1.54) is 11.8 Å². The number of Topliss-reactive ketones (excluding diaryl/α,β-unsaturated/α-hetero) is 1. The van der Waals surface area contributed by atoms with E-state index in [0.29, 0.717) is 5.69 Å². The van der Waals surface area contributed by atoms with Gasteiger partial charge in [0.25, 0.3) is 0 Å². The van der Waals surface area contributed by atoms with Crippen LogP contribution in [-0.4, -0.2) is 30.3 Å². The van der Waals surface area contributed by atoms with Crippen molar-refractivity contribution in [2.45, 2.75) is 39.7 Å². The first-order chi connectivity index (χ1) is 10.5. The van der Waals surface area contributed by atoms with Crippen molar-refractivity contribution >= 4 is 23.3 Å². The number of carbonyl (C=O) groups excluding carboxylic acids is 3. The highest BCUT2D eigenvalue weighted by Crippen LogP contribution is 2.32. The van der Waals surface area contributed by atoms with Crippen LogP contribution < -0.4 is 4.90 Å². The van der Waals surface area contributed by atoms with Crippen LogP contribution in [0, 0.1) is 5.92 Å². The molecule has 2 unspecified atom stereocenters. The SMILES string of the molecule is CCOC(=O)C1C(C(C)=O)CC(=O)N1c1ccc(CC)cc1. The summed E-state index contributed by atoms with van der Waals surface area (Å²) in [5.41, 5.74) is 1.77. The van der Waals surface area contributed by atoms with Gasteiger partial charge in [0.15, 0.2) is 0 Å². The molecule has 1 heterocycles. The third kappa shape index (κ3) is 3.03. The van der Waals surface area contributed by atoms with E-state index in [9.17, 15) is 14.4 Å². The number of hydrogen-bond acceptors (Lipinski definition) is 4. The fourth-order valence-electron chi connectivity index (χ4n) is 2.79. The molecule has 5 heteroatoms. The maximum Gasteiger partial charge on any atom is 0.330 e. The standard InChI is InChI=1S/C17H21NO4/c1-4-12-6-8-13(9-7-12)18-15(20)10-14(11(3)19)16(18)17(21)22-5-2/h6-9,14,16H,4-5,10H2,1-3H3. The van der Waals surface area contributed by atoms with Gasteiger partial charge in [0.1, 0.15) is 11.8 Å². The molecule has 0 saturated carbocycles. The summed E-state index contributed by atoms with van der Waals surface area (Å²) in [7, 11) is 0. The summed E-state index contributed by atoms with van der Waals surface area (Å²) in [5, 5.41) is 0. The Morgan fingerprint density at radius 2 is 1.86 bits per heavy atom. The largest absolute Gasteiger partial charge is 0.464 e. The number of anilines is 1. The normalized spacial score (nSPS) is 21.0. The van der Waals surface area contributed by atoms with Crippen LogP contribution in [0.1, 0.15) is 32.8 Å². The zero-order valence-corrected chi connectivity index (χ0v) is 13.2. The molecule has 0 radical (unpaired) electrons. The van der Waals surface area contributed by atoms with Crippen molar-refractivity contribution in [3.05, 3.63) is 29.8 Å². The predicted molar refractivity (Wildman–Crippen MR) is 82.5 cm³/mol. The molecular weight excluding hydrogens is 282 g/mol. The molecule has 5 nitrogen and oxygen atoms in total. The van der Waals surface area contributed by atoms with Crippen LogP contribution in [-0.2, 0) is 25.5 Å². The molecule has 2 atom stereocenters. The molecule has 1 aromatic carbocycles. The van der Waals surface area contributed by atoms with Crippen LogP contribution >= 0.6 is 0 Å². The molecule has 1 saturated heterocycles. The van der Waals surface area contributed by atoms with E-state index in [1.54, 1.807) is 6.92 Å². The second-order valence-electron chi connectivity index (χ2n) is 5.40. The van der Waals surface area contributed by atoms with Gasteiger partial charge in [0, 0.05) is 12.1 Å². The number of hydrogen-bond donors (Lipinski definition) is 0. The lowest BCUT2D eigenvalue weighted by Crippen LogP contribution is -2.44. The minimum absolute atomic E-state index is 0.0499. The molecule has 22 heavy (non-hydrogen) atoms. The van der Waals surface area contributed by atoms with E-state index in [4.69, 9.17) is 4.74 Å². The second kappa shape index (κ2) is 6.73. The van der Waals surface area contributed by atoms with Crippen LogP contribution in [0.25, 0.3) is 0 Å². The van der Waals surface area contributed by atoms with Crippen LogP contribution in [0.3, 0.4) is 0 Å². The van der Waals surface area contributed by atoms with Gasteiger partial charge in [-0.3, -0.25) is 14.5 Å². The maximum atomic E-state index is 12.3. The second-order valence-corrected chi connectivity index (χ2v) is 5.40. The molecule has 1 aromatic rings. The summed E-state index contributed by atoms with van der Waals surface area (Å²) in [5.74, 6) is -1.55. The number of rotatable bonds is 5. The van der Waals surface area contributed by atoms with Gasteiger partial charge in [-0.15, -0.1) is 0 Å². The lowest BCUT2D eigenvalue weighted by molar-refractivity contribution is -0.147. The Morgan fingerprint density at radius 1 is 1.23 bits per heavy atom. The summed E-state index contributed by atoms with van der Waals surface area (Å²) in [6.45, 7) is 5.38. The first-order valence-corrected chi connectivity index (χ1v) is 7.57. The van der Waals surface area contributed by atoms with Crippen molar-refractivity contribution in [2.75, 3.05) is 11.5 Å². The summed E-state index contributed by atoms with van der Waals surface area (Å²) < 4.78 is 5.07. The molecule has 0 aromatic heterocycles. The third-order valence-corrected chi connectivity index (χ3v) is 4.00. The third-order valence-electron chi connectivity index (χ3n) is 4.00. The van der Waals surface area contributed by atoms with E-state index in [-0.39, 0.29) is 24.7 Å². The molecule has 118 valence electrons. The van der Waals surface area contributed by atoms with Crippen LogP contribution in [0.2, 0.25) is 0 Å². The molecule has 0 spiro atoms. The molecule has 0 N–H and O–H groups in total. The van der Waals surface area contributed by atoms with E-state index in [2.05, 4.69) is 0 Å². The van der Waals surface area contributed by atoms with Gasteiger partial charge in [-0.05, 0) is 38.0 Å². The number of aryl methyl sites for hydroxylation is 1. The average molecular weight is 303 g/mol. The summed E-state index contributed by atoms with van der Waals surface area (Å²) in [6.07, 6.45) is 0.944. The molecule has 2 rings (SSSR count). The van der Waals surface area contributed by atoms with Gasteiger partial charge in [-0.2, -0.15) is 0 Å². The highest BCUT2D eigenvalue weighted by Gasteiger charge is 2.47. The topological polar surface area (TPSA) is 63.7 Å². The molecule has 1 amide bonds. The number of ketones is 1. The first-order valence-electron chi connectivity index (χ1n) is 7.57. The van der Waals surface area contributed by atoms with Gasteiger partial charge >= 0.3 is 5.97 Å². The summed E-state index contributed by atoms with van der Waals surface area (Å²) in [6, 6.07) is 6.60. The highest BCUT2D eigenvalue weighted by atomic mass is 16.5. The monoisotopic (exact) mass is 303 g/mol. The molecule has 1 aliphatic heterocycles. The maximum absolute atomic E-state index is 12.3. The molecule has 0 bridgehead atoms. The zero-order valence-electron chi connectivity index (χ0n) is 13.2. The molecule has 1 fully saturated rings. The number of amides is 1. The van der Waals surface area contributed by atoms with E-state index in [0.717, 1.165) is 12.0 Å². The lowest BCUT2D eigenvalue weighted by Gasteiger charge is -2.25. The number of ether oxygens (including phenoxy) is 1. The quantitative estimate of drug-likeness (QED) is 0.782. The number of esters is 1. The van der Waals surface area contributed by atoms with E-state index >= 15 is 0 Å². The van der Waals surface area contributed by atoms with Crippen molar-refractivity contribution < 1.29 is 19.1 Å². The first kappa shape index (κ1) is 16.2. The van der Waals surface area contributed by atoms with Crippen molar-refractivity contribution in [1.29, 1.82) is 0 Å². The molecule has 1 aliphatic rings. The zero-order chi connectivity index (χ0) is 16.3. The highest BCUT2D eigenvalue weighted by molar-refractivity contribution is 6.07. The Hall–Kier alpha value is -2.17. The number of carbonyl (C=O) groups is 3. The number of benzene rings is 1. The van der Waals surface area contributed by atoms with Crippen molar-refractivity contribution in [3.63, 3.8) is 0 Å². The van der Waals surface area contributed by atoms with E-state index in [1.807, 2.05) is 31.2 Å². The van der Waals surface area contributed by atoms with Crippen LogP contribution in [0.4, 0.5) is 5.69 Å². The van der Waals surface area contributed by atoms with Gasteiger partial charge < -0.3 is 4.74 Å². The smallest absolute Gasteiger partial charge is 0.330 e. The van der Waals surface area contributed by atoms with Crippen molar-refractivity contribution in [1.82, 2.24) is 0 Å². The van der Waals surface area contributed by atoms with Crippen LogP contribution in [0.15, 0.2) is 24.3 Å². The Labute approximate surface area is 130 Å². The van der Waals surface area contributed by atoms with E-state index < -0.39 is 17.9 Å². The Balaban J connectivity index is 2.38. The fourth-order valence-corrected chi connectivity index (χ4v) is 2.79. The Bertz CT molecular complexity index is 579. The van der Waals surface area contributed by atoms with Gasteiger partial charge in [0.05, 0.1) is 12.5 Å². The lowest BCUT2D eigenvalue weighted by atomic mass is 9.96. The Morgan fingerprint density at radius 3 is 2.36 bits per heavy atom. The average Bonchev–Trinajstić information content (AvgIpc) is 2.85. The summed E-state index contributed by atoms with van der Waals surface area (Å²) >= 11 is 0. The fraction of sp³-hybridized carbons (Fsp3) is 0.471. The molecule has 0 aliphatic carbocycles. The van der Waals surface area contributed by atoms with Gasteiger partial charge in [-0.1, -0.05) is 19.1 Å². The predicted octanol–water partition coefficient (Wildman–Crippen LogP) is 2.12. The van der Waals surface area contributed by atoms with Gasteiger partial charge in [0.2, 0.25) is 5.91 Å². The van der Waals surface area contributed by atoms with Crippen LogP contribution in [0.5, 0.6) is 0 Å². The summed E-state index contributed by atoms with van der Waals surface area (Å²) in [4.78, 5) is 37.8. The number of nitrogens with zero attached hydrogens (tertiary/aromatic N) is 1. The molecular formula is C17H21NO4.